The van der Waals surface area contributed by atoms with Crippen molar-refractivity contribution in [1.29, 1.82) is 0 Å². The van der Waals surface area contributed by atoms with Crippen LogP contribution >= 0.6 is 23.1 Å². The molecule has 2 aromatic heterocycles. The van der Waals surface area contributed by atoms with Crippen LogP contribution in [-0.4, -0.2) is 58.4 Å². The highest BCUT2D eigenvalue weighted by Crippen LogP contribution is 2.33. The number of carboxylic acids is 1. The standard InChI is InChI=1S/C24H30N4O3S2/c1-31-17-3-5-22-19(14-17)18(6-8-26-22)21(25)4-2-16-7-10-28(15-20(16)23(29)30)11-13-33-24-27-9-12-32-24/h3,5-6,8-9,12,14,16,20-21H,2,4,7,10-11,13,15,25H2,1H3,(H,29,30)/t16-,20+,21?/m1/s1. The predicted octanol–water partition coefficient (Wildman–Crippen LogP) is 4.29. The van der Waals surface area contributed by atoms with Crippen molar-refractivity contribution >= 4 is 40.0 Å². The Bertz CT molecular complexity index is 1060. The first kappa shape index (κ1) is 23.9. The number of hydrogen-bond donors (Lipinski definition) is 2. The molecule has 0 spiro atoms. The Labute approximate surface area is 202 Å². The van der Waals surface area contributed by atoms with Crippen LogP contribution in [0.25, 0.3) is 10.9 Å². The third kappa shape index (κ3) is 6.03. The van der Waals surface area contributed by atoms with Gasteiger partial charge in [-0.3, -0.25) is 9.78 Å². The van der Waals surface area contributed by atoms with E-state index in [0.717, 1.165) is 64.7 Å². The summed E-state index contributed by atoms with van der Waals surface area (Å²) in [5.41, 5.74) is 8.51. The molecule has 3 N–H and O–H groups in total. The van der Waals surface area contributed by atoms with Crippen molar-refractivity contribution in [3.8, 4) is 5.75 Å². The molecule has 0 saturated carbocycles. The summed E-state index contributed by atoms with van der Waals surface area (Å²) in [6, 6.07) is 7.59. The lowest BCUT2D eigenvalue weighted by atomic mass is 9.81. The number of fused-ring (bicyclic) bond motifs is 1. The summed E-state index contributed by atoms with van der Waals surface area (Å²) < 4.78 is 6.43. The normalized spacial score (nSPS) is 20.1. The maximum atomic E-state index is 12.0. The molecular formula is C24H30N4O3S2. The van der Waals surface area contributed by atoms with Crippen LogP contribution in [-0.2, 0) is 4.79 Å². The number of carboxylic acid groups (broad SMARTS) is 1. The lowest BCUT2D eigenvalue weighted by molar-refractivity contribution is -0.146. The number of aliphatic carboxylic acids is 1. The molecule has 0 radical (unpaired) electrons. The second-order valence-corrected chi connectivity index (χ2v) is 10.6. The number of thioether (sulfide) groups is 1. The molecule has 33 heavy (non-hydrogen) atoms. The third-order valence-corrected chi connectivity index (χ3v) is 8.38. The van der Waals surface area contributed by atoms with Gasteiger partial charge in [-0.15, -0.1) is 11.3 Å². The van der Waals surface area contributed by atoms with Crippen molar-refractivity contribution in [3.63, 3.8) is 0 Å². The zero-order chi connectivity index (χ0) is 23.2. The largest absolute Gasteiger partial charge is 0.497 e. The number of rotatable bonds is 10. The minimum atomic E-state index is -0.704. The Morgan fingerprint density at radius 1 is 1.36 bits per heavy atom. The van der Waals surface area contributed by atoms with Gasteiger partial charge in [0, 0.05) is 48.0 Å². The molecule has 176 valence electrons. The second-order valence-electron chi connectivity index (χ2n) is 8.41. The average molecular weight is 487 g/mol. The molecule has 1 saturated heterocycles. The summed E-state index contributed by atoms with van der Waals surface area (Å²) in [4.78, 5) is 23.0. The minimum Gasteiger partial charge on any atom is -0.497 e. The molecule has 1 aliphatic rings. The lowest BCUT2D eigenvalue weighted by Crippen LogP contribution is -2.44. The molecule has 0 bridgehead atoms. The van der Waals surface area contributed by atoms with Gasteiger partial charge in [-0.1, -0.05) is 11.8 Å². The molecule has 1 unspecified atom stereocenters. The van der Waals surface area contributed by atoms with Gasteiger partial charge in [-0.05, 0) is 61.6 Å². The van der Waals surface area contributed by atoms with E-state index in [1.54, 1.807) is 36.4 Å². The predicted molar refractivity (Wildman–Crippen MR) is 133 cm³/mol. The van der Waals surface area contributed by atoms with Gasteiger partial charge >= 0.3 is 5.97 Å². The van der Waals surface area contributed by atoms with Gasteiger partial charge in [0.15, 0.2) is 0 Å². The number of benzene rings is 1. The van der Waals surface area contributed by atoms with Gasteiger partial charge in [-0.25, -0.2) is 4.98 Å². The molecule has 4 rings (SSSR count). The maximum Gasteiger partial charge on any atom is 0.308 e. The number of ether oxygens (including phenoxy) is 1. The van der Waals surface area contributed by atoms with Gasteiger partial charge in [0.25, 0.3) is 0 Å². The molecular weight excluding hydrogens is 456 g/mol. The van der Waals surface area contributed by atoms with Crippen LogP contribution in [0.3, 0.4) is 0 Å². The van der Waals surface area contributed by atoms with E-state index in [9.17, 15) is 9.90 Å². The molecule has 9 heteroatoms. The lowest BCUT2D eigenvalue weighted by Gasteiger charge is -2.37. The summed E-state index contributed by atoms with van der Waals surface area (Å²) in [7, 11) is 1.65. The summed E-state index contributed by atoms with van der Waals surface area (Å²) in [5.74, 6) is 0.776. The van der Waals surface area contributed by atoms with Crippen LogP contribution in [0.4, 0.5) is 0 Å². The SMILES string of the molecule is COc1ccc2nccc(C(N)CC[C@@H]3CCN(CCSc4nccs4)C[C@@H]3C(=O)O)c2c1. The van der Waals surface area contributed by atoms with Gasteiger partial charge in [0.2, 0.25) is 0 Å². The molecule has 3 atom stereocenters. The number of nitrogens with zero attached hydrogens (tertiary/aromatic N) is 3. The van der Waals surface area contributed by atoms with Crippen LogP contribution < -0.4 is 10.5 Å². The van der Waals surface area contributed by atoms with E-state index in [-0.39, 0.29) is 17.9 Å². The van der Waals surface area contributed by atoms with Crippen molar-refractivity contribution < 1.29 is 14.6 Å². The number of methoxy groups -OCH3 is 1. The van der Waals surface area contributed by atoms with Gasteiger partial charge in [0.1, 0.15) is 10.1 Å². The summed E-state index contributed by atoms with van der Waals surface area (Å²) >= 11 is 3.38. The van der Waals surface area contributed by atoms with E-state index in [1.165, 1.54) is 0 Å². The van der Waals surface area contributed by atoms with E-state index < -0.39 is 5.97 Å². The van der Waals surface area contributed by atoms with Gasteiger partial charge < -0.3 is 20.5 Å². The molecule has 0 amide bonds. The smallest absolute Gasteiger partial charge is 0.308 e. The molecule has 1 aromatic carbocycles. The third-order valence-electron chi connectivity index (χ3n) is 6.43. The first-order valence-electron chi connectivity index (χ1n) is 11.2. The number of aromatic nitrogens is 2. The van der Waals surface area contributed by atoms with Crippen molar-refractivity contribution in [3.05, 3.63) is 47.6 Å². The van der Waals surface area contributed by atoms with Crippen molar-refractivity contribution in [2.24, 2.45) is 17.6 Å². The van der Waals surface area contributed by atoms with E-state index in [4.69, 9.17) is 10.5 Å². The Morgan fingerprint density at radius 3 is 3.00 bits per heavy atom. The van der Waals surface area contributed by atoms with Crippen molar-refractivity contribution in [1.82, 2.24) is 14.9 Å². The quantitative estimate of drug-likeness (QED) is 0.409. The zero-order valence-corrected chi connectivity index (χ0v) is 20.4. The number of pyridine rings is 1. The Kier molecular flexibility index (Phi) is 8.19. The monoisotopic (exact) mass is 486 g/mol. The number of hydrogen-bond acceptors (Lipinski definition) is 8. The molecule has 3 aromatic rings. The van der Waals surface area contributed by atoms with E-state index >= 15 is 0 Å². The van der Waals surface area contributed by atoms with Crippen LogP contribution in [0.5, 0.6) is 5.75 Å². The first-order chi connectivity index (χ1) is 16.0. The zero-order valence-electron chi connectivity index (χ0n) is 18.7. The Morgan fingerprint density at radius 2 is 2.24 bits per heavy atom. The fourth-order valence-electron chi connectivity index (χ4n) is 4.59. The highest BCUT2D eigenvalue weighted by Gasteiger charge is 2.34. The van der Waals surface area contributed by atoms with Crippen LogP contribution in [0.15, 0.2) is 46.4 Å². The minimum absolute atomic E-state index is 0.138. The van der Waals surface area contributed by atoms with Crippen molar-refractivity contribution in [2.45, 2.75) is 29.6 Å². The van der Waals surface area contributed by atoms with Gasteiger partial charge in [-0.2, -0.15) is 0 Å². The maximum absolute atomic E-state index is 12.0. The second kappa shape index (κ2) is 11.3. The van der Waals surface area contributed by atoms with E-state index in [1.807, 2.05) is 35.8 Å². The number of likely N-dealkylation sites (tertiary alicyclic amines) is 1. The molecule has 1 aliphatic heterocycles. The topological polar surface area (TPSA) is 102 Å². The molecule has 7 nitrogen and oxygen atoms in total. The fourth-order valence-corrected chi connectivity index (χ4v) is 6.29. The number of nitrogens with two attached hydrogens (primary N) is 1. The first-order valence-corrected chi connectivity index (χ1v) is 13.1. The van der Waals surface area contributed by atoms with Crippen LogP contribution in [0, 0.1) is 11.8 Å². The molecule has 3 heterocycles. The van der Waals surface area contributed by atoms with Crippen molar-refractivity contribution in [2.75, 3.05) is 32.5 Å². The van der Waals surface area contributed by atoms with Crippen LogP contribution in [0.2, 0.25) is 0 Å². The number of piperidine rings is 1. The fraction of sp³-hybridized carbons (Fsp3) is 0.458. The number of carbonyl (C=O) groups is 1. The highest BCUT2D eigenvalue weighted by molar-refractivity contribution is 8.01. The van der Waals surface area contributed by atoms with E-state index in [2.05, 4.69) is 14.9 Å². The van der Waals surface area contributed by atoms with Gasteiger partial charge in [0.05, 0.1) is 18.5 Å². The number of thiazole rings is 1. The summed E-state index contributed by atoms with van der Waals surface area (Å²) in [6.45, 7) is 2.41. The Hall–Kier alpha value is -2.20. The van der Waals surface area contributed by atoms with Crippen LogP contribution in [0.1, 0.15) is 30.9 Å². The summed E-state index contributed by atoms with van der Waals surface area (Å²) in [5, 5.41) is 12.9. The summed E-state index contributed by atoms with van der Waals surface area (Å²) in [6.07, 6.45) is 6.02. The molecule has 0 aliphatic carbocycles. The molecule has 1 fully saturated rings. The highest BCUT2D eigenvalue weighted by atomic mass is 32.2. The Balaban J connectivity index is 1.34. The van der Waals surface area contributed by atoms with E-state index in [0.29, 0.717) is 6.54 Å². The average Bonchev–Trinajstić information content (AvgIpc) is 3.35.